The molecule has 8 heteroatoms. The SMILES string of the molecule is COc1ccc(C2/C(=C(/O)c3ccc(OCC(C)C)c(C)c3)C(=O)C(=O)N2c2ccc(CC(=O)O)cc2)cc1. The lowest BCUT2D eigenvalue weighted by Crippen LogP contribution is -2.29. The first-order valence-corrected chi connectivity index (χ1v) is 12.6. The number of amides is 1. The van der Waals surface area contributed by atoms with Crippen LogP contribution in [0.2, 0.25) is 0 Å². The number of hydrogen-bond acceptors (Lipinski definition) is 6. The molecule has 0 aliphatic carbocycles. The molecule has 39 heavy (non-hydrogen) atoms. The van der Waals surface area contributed by atoms with Gasteiger partial charge in [-0.3, -0.25) is 19.3 Å². The van der Waals surface area contributed by atoms with Crippen molar-refractivity contribution in [3.8, 4) is 11.5 Å². The molecule has 202 valence electrons. The van der Waals surface area contributed by atoms with E-state index < -0.39 is 23.7 Å². The van der Waals surface area contributed by atoms with Gasteiger partial charge in [0.1, 0.15) is 17.3 Å². The molecule has 0 aromatic heterocycles. The minimum absolute atomic E-state index is 0.0463. The van der Waals surface area contributed by atoms with E-state index in [1.807, 2.05) is 20.8 Å². The zero-order chi connectivity index (χ0) is 28.3. The molecule has 1 amide bonds. The summed E-state index contributed by atoms with van der Waals surface area (Å²) in [5.74, 6) is -1.26. The van der Waals surface area contributed by atoms with Gasteiger partial charge < -0.3 is 19.7 Å². The number of carboxylic acid groups (broad SMARTS) is 1. The lowest BCUT2D eigenvalue weighted by atomic mass is 9.94. The highest BCUT2D eigenvalue weighted by Crippen LogP contribution is 2.43. The third-order valence-corrected chi connectivity index (χ3v) is 6.47. The minimum atomic E-state index is -0.975. The number of aliphatic hydroxyl groups excluding tert-OH is 1. The molecule has 0 spiro atoms. The summed E-state index contributed by atoms with van der Waals surface area (Å²) < 4.78 is 11.1. The standard InChI is InChI=1S/C31H31NO7/c1-18(2)17-39-25-14-9-22(15-19(25)3)29(35)27-28(21-7-12-24(38-4)13-8-21)32(31(37)30(27)36)23-10-5-20(6-11-23)16-26(33)34/h5-15,18,28,35H,16-17H2,1-4H3,(H,33,34)/b29-27-. The number of ketones is 1. The fourth-order valence-electron chi connectivity index (χ4n) is 4.52. The van der Waals surface area contributed by atoms with E-state index in [2.05, 4.69) is 0 Å². The predicted octanol–water partition coefficient (Wildman–Crippen LogP) is 5.29. The van der Waals surface area contributed by atoms with E-state index in [4.69, 9.17) is 14.6 Å². The minimum Gasteiger partial charge on any atom is -0.507 e. The fraction of sp³-hybridized carbons (Fsp3) is 0.258. The molecule has 2 N–H and O–H groups in total. The van der Waals surface area contributed by atoms with Crippen molar-refractivity contribution in [2.75, 3.05) is 18.6 Å². The molecule has 1 heterocycles. The number of rotatable bonds is 9. The number of hydrogen-bond donors (Lipinski definition) is 2. The van der Waals surface area contributed by atoms with E-state index in [1.54, 1.807) is 66.7 Å². The van der Waals surface area contributed by atoms with Crippen molar-refractivity contribution in [2.45, 2.75) is 33.2 Å². The second-order valence-corrected chi connectivity index (χ2v) is 9.86. The van der Waals surface area contributed by atoms with Gasteiger partial charge in [-0.2, -0.15) is 0 Å². The van der Waals surface area contributed by atoms with Crippen LogP contribution in [0.15, 0.2) is 72.3 Å². The van der Waals surface area contributed by atoms with Gasteiger partial charge in [0.25, 0.3) is 11.7 Å². The van der Waals surface area contributed by atoms with Crippen LogP contribution < -0.4 is 14.4 Å². The number of carbonyl (C=O) groups excluding carboxylic acids is 2. The van der Waals surface area contributed by atoms with Gasteiger partial charge in [0, 0.05) is 11.3 Å². The lowest BCUT2D eigenvalue weighted by molar-refractivity contribution is -0.136. The molecule has 1 aliphatic rings. The number of Topliss-reactive ketones (excluding diaryl/α,β-unsaturated/α-hetero) is 1. The van der Waals surface area contributed by atoms with Crippen molar-refractivity contribution in [3.63, 3.8) is 0 Å². The Morgan fingerprint density at radius 2 is 1.64 bits per heavy atom. The first kappa shape index (κ1) is 27.4. The molecule has 4 rings (SSSR count). The number of ether oxygens (including phenoxy) is 2. The molecule has 1 unspecified atom stereocenters. The predicted molar refractivity (Wildman–Crippen MR) is 147 cm³/mol. The van der Waals surface area contributed by atoms with Crippen LogP contribution in [-0.4, -0.2) is 41.6 Å². The van der Waals surface area contributed by atoms with Crippen LogP contribution >= 0.6 is 0 Å². The molecule has 1 fully saturated rings. The van der Waals surface area contributed by atoms with Gasteiger partial charge in [-0.1, -0.05) is 38.1 Å². The van der Waals surface area contributed by atoms with Gasteiger partial charge in [0.2, 0.25) is 0 Å². The van der Waals surface area contributed by atoms with E-state index in [0.717, 1.165) is 5.56 Å². The fourth-order valence-corrected chi connectivity index (χ4v) is 4.52. The van der Waals surface area contributed by atoms with E-state index in [-0.39, 0.29) is 17.8 Å². The number of benzene rings is 3. The largest absolute Gasteiger partial charge is 0.507 e. The highest BCUT2D eigenvalue weighted by molar-refractivity contribution is 6.51. The Morgan fingerprint density at radius 1 is 0.974 bits per heavy atom. The molecule has 1 atom stereocenters. The number of aryl methyl sites for hydroxylation is 1. The number of methoxy groups -OCH3 is 1. The first-order valence-electron chi connectivity index (χ1n) is 12.6. The highest BCUT2D eigenvalue weighted by atomic mass is 16.5. The smallest absolute Gasteiger partial charge is 0.307 e. The molecule has 8 nitrogen and oxygen atoms in total. The average Bonchev–Trinajstić information content (AvgIpc) is 3.17. The highest BCUT2D eigenvalue weighted by Gasteiger charge is 2.47. The number of carbonyl (C=O) groups is 3. The Kier molecular flexibility index (Phi) is 8.04. The molecular weight excluding hydrogens is 498 g/mol. The van der Waals surface area contributed by atoms with E-state index >= 15 is 0 Å². The molecule has 3 aromatic carbocycles. The number of aliphatic carboxylic acids is 1. The molecule has 0 radical (unpaired) electrons. The average molecular weight is 530 g/mol. The van der Waals surface area contributed by atoms with Crippen molar-refractivity contribution >= 4 is 29.1 Å². The van der Waals surface area contributed by atoms with E-state index in [9.17, 15) is 19.5 Å². The van der Waals surface area contributed by atoms with Crippen molar-refractivity contribution in [1.29, 1.82) is 0 Å². The summed E-state index contributed by atoms with van der Waals surface area (Å²) in [6.45, 7) is 6.49. The molecule has 0 bridgehead atoms. The topological polar surface area (TPSA) is 113 Å². The zero-order valence-electron chi connectivity index (χ0n) is 22.3. The van der Waals surface area contributed by atoms with Gasteiger partial charge in [-0.15, -0.1) is 0 Å². The van der Waals surface area contributed by atoms with Crippen molar-refractivity contribution < 1.29 is 34.1 Å². The summed E-state index contributed by atoms with van der Waals surface area (Å²) in [5, 5.41) is 20.5. The molecule has 1 saturated heterocycles. The summed E-state index contributed by atoms with van der Waals surface area (Å²) >= 11 is 0. The van der Waals surface area contributed by atoms with Crippen LogP contribution in [0.1, 0.15) is 42.1 Å². The maximum atomic E-state index is 13.4. The van der Waals surface area contributed by atoms with Crippen LogP contribution in [0, 0.1) is 12.8 Å². The molecule has 3 aromatic rings. The summed E-state index contributed by atoms with van der Waals surface area (Å²) in [7, 11) is 1.54. The zero-order valence-corrected chi connectivity index (χ0v) is 22.3. The van der Waals surface area contributed by atoms with Crippen LogP contribution in [0.3, 0.4) is 0 Å². The second-order valence-electron chi connectivity index (χ2n) is 9.86. The Balaban J connectivity index is 1.82. The summed E-state index contributed by atoms with van der Waals surface area (Å²) in [6, 6.07) is 17.5. The van der Waals surface area contributed by atoms with E-state index in [1.165, 1.54) is 12.0 Å². The monoisotopic (exact) mass is 529 g/mol. The van der Waals surface area contributed by atoms with Crippen molar-refractivity contribution in [3.05, 3.63) is 94.6 Å². The third kappa shape index (κ3) is 5.80. The maximum absolute atomic E-state index is 13.4. The number of aliphatic hydroxyl groups is 1. The van der Waals surface area contributed by atoms with Crippen molar-refractivity contribution in [2.24, 2.45) is 5.92 Å². The van der Waals surface area contributed by atoms with Crippen LogP contribution in [0.25, 0.3) is 5.76 Å². The number of carboxylic acids is 1. The summed E-state index contributed by atoms with van der Waals surface area (Å²) in [6.07, 6.45) is -0.169. The van der Waals surface area contributed by atoms with Crippen LogP contribution in [0.4, 0.5) is 5.69 Å². The van der Waals surface area contributed by atoms with Gasteiger partial charge in [-0.25, -0.2) is 0 Å². The first-order chi connectivity index (χ1) is 18.6. The van der Waals surface area contributed by atoms with Crippen LogP contribution in [-0.2, 0) is 20.8 Å². The quantitative estimate of drug-likeness (QED) is 0.220. The Labute approximate surface area is 227 Å². The summed E-state index contributed by atoms with van der Waals surface area (Å²) in [4.78, 5) is 39.2. The normalized spacial score (nSPS) is 16.5. The van der Waals surface area contributed by atoms with E-state index in [0.29, 0.717) is 46.4 Å². The summed E-state index contributed by atoms with van der Waals surface area (Å²) in [5.41, 5.74) is 2.68. The molecule has 0 saturated carbocycles. The Morgan fingerprint density at radius 3 is 2.21 bits per heavy atom. The lowest BCUT2D eigenvalue weighted by Gasteiger charge is -2.26. The third-order valence-electron chi connectivity index (χ3n) is 6.47. The number of nitrogens with zero attached hydrogens (tertiary/aromatic N) is 1. The van der Waals surface area contributed by atoms with Gasteiger partial charge in [0.15, 0.2) is 0 Å². The van der Waals surface area contributed by atoms with Gasteiger partial charge >= 0.3 is 5.97 Å². The molecule has 1 aliphatic heterocycles. The number of anilines is 1. The Hall–Kier alpha value is -4.59. The Bertz CT molecular complexity index is 1420. The van der Waals surface area contributed by atoms with Gasteiger partial charge in [-0.05, 0) is 72.0 Å². The maximum Gasteiger partial charge on any atom is 0.307 e. The second kappa shape index (κ2) is 11.4. The van der Waals surface area contributed by atoms with Crippen molar-refractivity contribution in [1.82, 2.24) is 0 Å². The van der Waals surface area contributed by atoms with Crippen LogP contribution in [0.5, 0.6) is 11.5 Å². The molecular formula is C31H31NO7. The van der Waals surface area contributed by atoms with Gasteiger partial charge in [0.05, 0.1) is 31.8 Å².